The lowest BCUT2D eigenvalue weighted by Gasteiger charge is -2.36. The van der Waals surface area contributed by atoms with E-state index >= 15 is 0 Å². The first-order valence-electron chi connectivity index (χ1n) is 9.78. The van der Waals surface area contributed by atoms with Gasteiger partial charge in [-0.1, -0.05) is 22.0 Å². The molecule has 3 fully saturated rings. The van der Waals surface area contributed by atoms with Crippen LogP contribution in [0.4, 0.5) is 5.69 Å². The molecule has 7 nitrogen and oxygen atoms in total. The Bertz CT molecular complexity index is 772. The molecule has 0 aromatic heterocycles. The Kier molecular flexibility index (Phi) is 5.68. The van der Waals surface area contributed by atoms with E-state index in [0.29, 0.717) is 39.3 Å². The number of carbonyl (C=O) groups is 3. The second-order valence-corrected chi connectivity index (χ2v) is 8.45. The molecule has 0 N–H and O–H groups in total. The molecule has 0 saturated carbocycles. The zero-order chi connectivity index (χ0) is 19.7. The minimum Gasteiger partial charge on any atom is -0.368 e. The van der Waals surface area contributed by atoms with Crippen LogP contribution in [0, 0.1) is 5.92 Å². The van der Waals surface area contributed by atoms with E-state index < -0.39 is 0 Å². The minimum absolute atomic E-state index is 0.00932. The molecule has 2 unspecified atom stereocenters. The normalized spacial score (nSPS) is 25.5. The summed E-state index contributed by atoms with van der Waals surface area (Å²) in [6, 6.07) is 7.56. The van der Waals surface area contributed by atoms with Crippen LogP contribution in [0.15, 0.2) is 28.7 Å². The first-order chi connectivity index (χ1) is 13.5. The maximum Gasteiger partial charge on any atom is 0.251 e. The summed E-state index contributed by atoms with van der Waals surface area (Å²) in [6.07, 6.45) is 1.64. The van der Waals surface area contributed by atoms with Gasteiger partial charge in [-0.3, -0.25) is 14.4 Å². The lowest BCUT2D eigenvalue weighted by Crippen LogP contribution is -2.54. The van der Waals surface area contributed by atoms with Crippen molar-refractivity contribution in [1.29, 1.82) is 0 Å². The molecule has 150 valence electrons. The number of hydrogen-bond acceptors (Lipinski definition) is 4. The molecular formula is C20H24BrN3O4. The van der Waals surface area contributed by atoms with Crippen LogP contribution in [-0.4, -0.2) is 73.0 Å². The van der Waals surface area contributed by atoms with Crippen molar-refractivity contribution in [1.82, 2.24) is 9.80 Å². The average Bonchev–Trinajstić information content (AvgIpc) is 3.37. The van der Waals surface area contributed by atoms with Crippen LogP contribution in [0.3, 0.4) is 0 Å². The maximum absolute atomic E-state index is 12.9. The molecular weight excluding hydrogens is 426 g/mol. The minimum atomic E-state index is -0.327. The van der Waals surface area contributed by atoms with Crippen molar-refractivity contribution in [3.63, 3.8) is 0 Å². The summed E-state index contributed by atoms with van der Waals surface area (Å²) >= 11 is 3.42. The molecule has 0 spiro atoms. The molecule has 3 aliphatic rings. The molecule has 4 rings (SSSR count). The zero-order valence-electron chi connectivity index (χ0n) is 15.7. The molecule has 0 aliphatic carbocycles. The number of halogens is 1. The van der Waals surface area contributed by atoms with Gasteiger partial charge in [0.25, 0.3) is 5.91 Å². The highest BCUT2D eigenvalue weighted by atomic mass is 79.9. The molecule has 2 atom stereocenters. The summed E-state index contributed by atoms with van der Waals surface area (Å²) in [4.78, 5) is 43.1. The van der Waals surface area contributed by atoms with Crippen molar-refractivity contribution in [3.05, 3.63) is 28.7 Å². The molecule has 28 heavy (non-hydrogen) atoms. The van der Waals surface area contributed by atoms with E-state index in [1.54, 1.807) is 14.7 Å². The highest BCUT2D eigenvalue weighted by Gasteiger charge is 2.39. The molecule has 3 aliphatic heterocycles. The van der Waals surface area contributed by atoms with Crippen molar-refractivity contribution in [2.24, 2.45) is 5.92 Å². The van der Waals surface area contributed by atoms with Gasteiger partial charge in [0.05, 0.1) is 5.92 Å². The molecule has 3 heterocycles. The van der Waals surface area contributed by atoms with Crippen molar-refractivity contribution in [2.45, 2.75) is 25.4 Å². The SMILES string of the molecule is O=C(C1CC(=O)N(c2cccc(Br)c2)C1)N1CCN(C(=O)C2CCCO2)CC1. The predicted molar refractivity (Wildman–Crippen MR) is 107 cm³/mol. The van der Waals surface area contributed by atoms with E-state index in [2.05, 4.69) is 15.9 Å². The lowest BCUT2D eigenvalue weighted by atomic mass is 10.1. The molecule has 3 amide bonds. The fourth-order valence-electron chi connectivity index (χ4n) is 4.15. The van der Waals surface area contributed by atoms with E-state index in [4.69, 9.17) is 4.74 Å². The number of nitrogens with zero attached hydrogens (tertiary/aromatic N) is 3. The third-order valence-corrected chi connectivity index (χ3v) is 6.20. The maximum atomic E-state index is 12.9. The summed E-state index contributed by atoms with van der Waals surface area (Å²) in [5.41, 5.74) is 0.807. The Balaban J connectivity index is 1.33. The van der Waals surface area contributed by atoms with Gasteiger partial charge in [-0.25, -0.2) is 0 Å². The monoisotopic (exact) mass is 449 g/mol. The van der Waals surface area contributed by atoms with Gasteiger partial charge in [0.2, 0.25) is 11.8 Å². The van der Waals surface area contributed by atoms with Gasteiger partial charge in [0.1, 0.15) is 6.10 Å². The predicted octanol–water partition coefficient (Wildman–Crippen LogP) is 1.65. The number of piperazine rings is 1. The van der Waals surface area contributed by atoms with Gasteiger partial charge in [-0.2, -0.15) is 0 Å². The van der Waals surface area contributed by atoms with Crippen LogP contribution < -0.4 is 4.90 Å². The lowest BCUT2D eigenvalue weighted by molar-refractivity contribution is -0.147. The fourth-order valence-corrected chi connectivity index (χ4v) is 4.54. The molecule has 1 aromatic carbocycles. The molecule has 1 aromatic rings. The molecule has 8 heteroatoms. The number of amides is 3. The summed E-state index contributed by atoms with van der Waals surface area (Å²) in [6.45, 7) is 3.14. The Morgan fingerprint density at radius 3 is 2.43 bits per heavy atom. The Labute approximate surface area is 172 Å². The van der Waals surface area contributed by atoms with Crippen molar-refractivity contribution >= 4 is 39.3 Å². The van der Waals surface area contributed by atoms with Gasteiger partial charge in [0.15, 0.2) is 0 Å². The summed E-state index contributed by atoms with van der Waals surface area (Å²) in [7, 11) is 0. The first kappa shape index (κ1) is 19.4. The zero-order valence-corrected chi connectivity index (χ0v) is 17.3. The van der Waals surface area contributed by atoms with E-state index in [1.165, 1.54) is 0 Å². The molecule has 3 saturated heterocycles. The molecule has 0 radical (unpaired) electrons. The Morgan fingerprint density at radius 2 is 1.79 bits per heavy atom. The Hall–Kier alpha value is -1.93. The van der Waals surface area contributed by atoms with Gasteiger partial charge in [0, 0.05) is 55.9 Å². The number of benzene rings is 1. The van der Waals surface area contributed by atoms with E-state index in [0.717, 1.165) is 23.0 Å². The quantitative estimate of drug-likeness (QED) is 0.703. The number of hydrogen-bond donors (Lipinski definition) is 0. The summed E-state index contributed by atoms with van der Waals surface area (Å²) < 4.78 is 6.38. The van der Waals surface area contributed by atoms with Gasteiger partial charge >= 0.3 is 0 Å². The number of rotatable bonds is 3. The second-order valence-electron chi connectivity index (χ2n) is 7.54. The van der Waals surface area contributed by atoms with Crippen LogP contribution in [0.25, 0.3) is 0 Å². The smallest absolute Gasteiger partial charge is 0.251 e. The Morgan fingerprint density at radius 1 is 1.07 bits per heavy atom. The van der Waals surface area contributed by atoms with Crippen LogP contribution in [-0.2, 0) is 19.1 Å². The number of anilines is 1. The van der Waals surface area contributed by atoms with Crippen molar-refractivity contribution in [3.8, 4) is 0 Å². The highest BCUT2D eigenvalue weighted by molar-refractivity contribution is 9.10. The third kappa shape index (κ3) is 3.93. The van der Waals surface area contributed by atoms with E-state index in [-0.39, 0.29) is 36.2 Å². The van der Waals surface area contributed by atoms with Gasteiger partial charge in [-0.05, 0) is 31.0 Å². The number of ether oxygens (including phenoxy) is 1. The van der Waals surface area contributed by atoms with Crippen molar-refractivity contribution < 1.29 is 19.1 Å². The largest absolute Gasteiger partial charge is 0.368 e. The number of carbonyl (C=O) groups excluding carboxylic acids is 3. The van der Waals surface area contributed by atoms with Crippen LogP contribution in [0.1, 0.15) is 19.3 Å². The van der Waals surface area contributed by atoms with Crippen molar-refractivity contribution in [2.75, 3.05) is 44.2 Å². The average molecular weight is 450 g/mol. The standard InChI is InChI=1S/C20H24BrN3O4/c21-15-3-1-4-16(12-15)24-13-14(11-18(24)25)19(26)22-6-8-23(9-7-22)20(27)17-5-2-10-28-17/h1,3-4,12,14,17H,2,5-11,13H2. The summed E-state index contributed by atoms with van der Waals surface area (Å²) in [5.74, 6) is -0.299. The second kappa shape index (κ2) is 8.21. The highest BCUT2D eigenvalue weighted by Crippen LogP contribution is 2.28. The van der Waals surface area contributed by atoms with Crippen LogP contribution in [0.5, 0.6) is 0 Å². The van der Waals surface area contributed by atoms with E-state index in [9.17, 15) is 14.4 Å². The first-order valence-corrected chi connectivity index (χ1v) is 10.6. The third-order valence-electron chi connectivity index (χ3n) is 5.70. The van der Waals surface area contributed by atoms with Crippen LogP contribution in [0.2, 0.25) is 0 Å². The van der Waals surface area contributed by atoms with Gasteiger partial charge < -0.3 is 19.4 Å². The van der Waals surface area contributed by atoms with Gasteiger partial charge in [-0.15, -0.1) is 0 Å². The van der Waals surface area contributed by atoms with Crippen LogP contribution >= 0.6 is 15.9 Å². The fraction of sp³-hybridized carbons (Fsp3) is 0.550. The molecule has 0 bridgehead atoms. The summed E-state index contributed by atoms with van der Waals surface area (Å²) in [5, 5.41) is 0. The topological polar surface area (TPSA) is 70.2 Å². The van der Waals surface area contributed by atoms with E-state index in [1.807, 2.05) is 24.3 Å².